The molecule has 1 saturated heterocycles. The van der Waals surface area contributed by atoms with E-state index in [1.807, 2.05) is 48.2 Å². The molecule has 0 spiro atoms. The molecule has 2 aromatic carbocycles. The number of hydrogen-bond donors (Lipinski definition) is 1. The number of aromatic nitrogens is 1. The van der Waals surface area contributed by atoms with Crippen LogP contribution in [0.2, 0.25) is 0 Å². The Kier molecular flexibility index (Phi) is 6.99. The number of carboxylic acid groups (broad SMARTS) is 1. The molecule has 170 valence electrons. The van der Waals surface area contributed by atoms with Crippen molar-refractivity contribution in [2.45, 2.75) is 52.1 Å². The fourth-order valence-corrected chi connectivity index (χ4v) is 4.66. The van der Waals surface area contributed by atoms with Gasteiger partial charge in [-0.15, -0.1) is 0 Å². The summed E-state index contributed by atoms with van der Waals surface area (Å²) < 4.78 is 0. The smallest absolute Gasteiger partial charge is 0.320 e. The number of carbonyl (C=O) groups is 2. The highest BCUT2D eigenvalue weighted by atomic mass is 16.4. The minimum absolute atomic E-state index is 0.0145. The molecule has 1 fully saturated rings. The first kappa shape index (κ1) is 22.9. The third-order valence-electron chi connectivity index (χ3n) is 6.63. The van der Waals surface area contributed by atoms with Crippen LogP contribution in [-0.4, -0.2) is 39.3 Å². The predicted octanol–water partition coefficient (Wildman–Crippen LogP) is 5.23. The van der Waals surface area contributed by atoms with Crippen molar-refractivity contribution in [3.63, 3.8) is 0 Å². The van der Waals surface area contributed by atoms with Crippen LogP contribution in [0.3, 0.4) is 0 Å². The molecule has 3 aromatic rings. The Morgan fingerprint density at radius 1 is 0.970 bits per heavy atom. The molecule has 0 bridgehead atoms. The normalized spacial score (nSPS) is 16.5. The van der Waals surface area contributed by atoms with E-state index in [2.05, 4.69) is 30.1 Å². The molecule has 0 amide bonds. The van der Waals surface area contributed by atoms with E-state index >= 15 is 0 Å². The lowest BCUT2D eigenvalue weighted by Gasteiger charge is -2.33. The maximum Gasteiger partial charge on any atom is 0.320 e. The van der Waals surface area contributed by atoms with E-state index < -0.39 is 12.0 Å². The monoisotopic (exact) mass is 442 g/mol. The fourth-order valence-electron chi connectivity index (χ4n) is 4.66. The number of piperidine rings is 1. The minimum Gasteiger partial charge on any atom is -0.480 e. The van der Waals surface area contributed by atoms with Gasteiger partial charge in [0.2, 0.25) is 0 Å². The third-order valence-corrected chi connectivity index (χ3v) is 6.63. The first-order valence-electron chi connectivity index (χ1n) is 11.5. The highest BCUT2D eigenvalue weighted by Gasteiger charge is 2.28. The fraction of sp³-hybridized carbons (Fsp3) is 0.321. The first-order valence-corrected chi connectivity index (χ1v) is 11.5. The second-order valence-corrected chi connectivity index (χ2v) is 8.82. The number of nitrogens with zero attached hydrogens (tertiary/aromatic N) is 2. The van der Waals surface area contributed by atoms with Crippen molar-refractivity contribution < 1.29 is 14.7 Å². The summed E-state index contributed by atoms with van der Waals surface area (Å²) in [7, 11) is 0. The number of benzene rings is 2. The number of pyridine rings is 1. The lowest BCUT2D eigenvalue weighted by Crippen LogP contribution is -2.44. The Balaban J connectivity index is 1.50. The van der Waals surface area contributed by atoms with Crippen LogP contribution in [-0.2, 0) is 17.8 Å². The molecule has 1 aromatic heterocycles. The molecule has 1 aliphatic heterocycles. The van der Waals surface area contributed by atoms with Gasteiger partial charge in [-0.2, -0.15) is 0 Å². The number of carbonyl (C=O) groups excluding carboxylic acids is 1. The van der Waals surface area contributed by atoms with E-state index in [1.54, 1.807) is 6.07 Å². The van der Waals surface area contributed by atoms with Gasteiger partial charge in [0.15, 0.2) is 5.78 Å². The SMILES string of the molecule is Cc1nc(C(=O)Cc2cccc(-c3ccccc3)c2C)ccc1CN1CCCC[C@H]1C(=O)O. The summed E-state index contributed by atoms with van der Waals surface area (Å²) in [6.07, 6.45) is 2.93. The lowest BCUT2D eigenvalue weighted by molar-refractivity contribution is -0.144. The topological polar surface area (TPSA) is 70.5 Å². The summed E-state index contributed by atoms with van der Waals surface area (Å²) in [5, 5.41) is 9.53. The Labute approximate surface area is 195 Å². The zero-order valence-electron chi connectivity index (χ0n) is 19.3. The van der Waals surface area contributed by atoms with Crippen molar-refractivity contribution in [1.29, 1.82) is 0 Å². The Morgan fingerprint density at radius 2 is 1.76 bits per heavy atom. The molecular weight excluding hydrogens is 412 g/mol. The quantitative estimate of drug-likeness (QED) is 0.508. The van der Waals surface area contributed by atoms with E-state index in [9.17, 15) is 14.7 Å². The molecule has 1 atom stereocenters. The van der Waals surface area contributed by atoms with Gasteiger partial charge in [0.1, 0.15) is 11.7 Å². The molecular formula is C28H30N2O3. The molecule has 1 aliphatic rings. The number of ketones is 1. The van der Waals surface area contributed by atoms with Crippen molar-refractivity contribution in [2.24, 2.45) is 0 Å². The van der Waals surface area contributed by atoms with E-state index in [1.165, 1.54) is 0 Å². The van der Waals surface area contributed by atoms with Gasteiger partial charge in [-0.05, 0) is 67.1 Å². The number of aryl methyl sites for hydroxylation is 1. The van der Waals surface area contributed by atoms with Gasteiger partial charge in [-0.1, -0.05) is 61.0 Å². The first-order chi connectivity index (χ1) is 15.9. The molecule has 5 heteroatoms. The lowest BCUT2D eigenvalue weighted by atomic mass is 9.93. The molecule has 0 aliphatic carbocycles. The molecule has 1 N–H and O–H groups in total. The standard InChI is InChI=1S/C28H30N2O3/c1-19-22(11-8-12-24(19)21-9-4-3-5-10-21)17-27(31)25-15-14-23(20(2)29-25)18-30-16-7-6-13-26(30)28(32)33/h3-5,8-12,14-15,26H,6-7,13,16-18H2,1-2H3,(H,32,33)/t26-/m0/s1. The highest BCUT2D eigenvalue weighted by Crippen LogP contribution is 2.26. The second-order valence-electron chi connectivity index (χ2n) is 8.82. The number of aliphatic carboxylic acids is 1. The van der Waals surface area contributed by atoms with Gasteiger partial charge >= 0.3 is 5.97 Å². The highest BCUT2D eigenvalue weighted by molar-refractivity contribution is 5.96. The van der Waals surface area contributed by atoms with E-state index in [0.29, 0.717) is 25.1 Å². The second kappa shape index (κ2) is 10.1. The Morgan fingerprint density at radius 3 is 2.48 bits per heavy atom. The molecule has 33 heavy (non-hydrogen) atoms. The van der Waals surface area contributed by atoms with Crippen LogP contribution in [0.25, 0.3) is 11.1 Å². The number of rotatable bonds is 7. The van der Waals surface area contributed by atoms with Crippen molar-refractivity contribution in [1.82, 2.24) is 9.88 Å². The van der Waals surface area contributed by atoms with Crippen LogP contribution in [0.15, 0.2) is 60.7 Å². The summed E-state index contributed by atoms with van der Waals surface area (Å²) in [5.74, 6) is -0.778. The molecule has 4 rings (SSSR count). The summed E-state index contributed by atoms with van der Waals surface area (Å²) in [6.45, 7) is 5.27. The van der Waals surface area contributed by atoms with Crippen LogP contribution in [0, 0.1) is 13.8 Å². The van der Waals surface area contributed by atoms with Crippen LogP contribution in [0.4, 0.5) is 0 Å². The van der Waals surface area contributed by atoms with Gasteiger partial charge < -0.3 is 5.11 Å². The van der Waals surface area contributed by atoms with Crippen molar-refractivity contribution in [3.05, 3.63) is 88.7 Å². The molecule has 0 radical (unpaired) electrons. The van der Waals surface area contributed by atoms with Crippen molar-refractivity contribution in [2.75, 3.05) is 6.54 Å². The van der Waals surface area contributed by atoms with Crippen molar-refractivity contribution in [3.8, 4) is 11.1 Å². The maximum absolute atomic E-state index is 13.1. The molecule has 0 unspecified atom stereocenters. The van der Waals surface area contributed by atoms with Gasteiger partial charge in [-0.3, -0.25) is 14.5 Å². The molecule has 5 nitrogen and oxygen atoms in total. The predicted molar refractivity (Wildman–Crippen MR) is 129 cm³/mol. The average Bonchev–Trinajstić information content (AvgIpc) is 2.82. The van der Waals surface area contributed by atoms with Gasteiger partial charge in [0, 0.05) is 18.7 Å². The molecule has 2 heterocycles. The third kappa shape index (κ3) is 5.20. The zero-order valence-corrected chi connectivity index (χ0v) is 19.3. The van der Waals surface area contributed by atoms with Crippen LogP contribution >= 0.6 is 0 Å². The van der Waals surface area contributed by atoms with Crippen LogP contribution in [0.1, 0.15) is 52.1 Å². The minimum atomic E-state index is -0.764. The average molecular weight is 443 g/mol. The summed E-state index contributed by atoms with van der Waals surface area (Å²) in [4.78, 5) is 31.3. The summed E-state index contributed by atoms with van der Waals surface area (Å²) >= 11 is 0. The van der Waals surface area contributed by atoms with E-state index in [0.717, 1.165) is 52.9 Å². The zero-order chi connectivity index (χ0) is 23.4. The Bertz CT molecular complexity index is 1160. The van der Waals surface area contributed by atoms with Gasteiger partial charge in [-0.25, -0.2) is 4.98 Å². The van der Waals surface area contributed by atoms with Crippen molar-refractivity contribution >= 4 is 11.8 Å². The number of likely N-dealkylation sites (tertiary alicyclic amines) is 1. The largest absolute Gasteiger partial charge is 0.480 e. The number of Topliss-reactive ketones (excluding diaryl/α,β-unsaturated/α-hetero) is 1. The van der Waals surface area contributed by atoms with Gasteiger partial charge in [0.25, 0.3) is 0 Å². The van der Waals surface area contributed by atoms with Crippen LogP contribution in [0.5, 0.6) is 0 Å². The summed E-state index contributed by atoms with van der Waals surface area (Å²) in [6, 6.07) is 19.5. The Hall–Kier alpha value is -3.31. The van der Waals surface area contributed by atoms with Crippen LogP contribution < -0.4 is 0 Å². The van der Waals surface area contributed by atoms with Gasteiger partial charge in [0.05, 0.1) is 0 Å². The number of carboxylic acids is 1. The molecule has 0 saturated carbocycles. The number of hydrogen-bond acceptors (Lipinski definition) is 4. The summed E-state index contributed by atoms with van der Waals surface area (Å²) in [5.41, 5.74) is 6.59. The van der Waals surface area contributed by atoms with E-state index in [-0.39, 0.29) is 5.78 Å². The van der Waals surface area contributed by atoms with E-state index in [4.69, 9.17) is 0 Å². The maximum atomic E-state index is 13.1.